The minimum atomic E-state index is -0.835. The predicted octanol–water partition coefficient (Wildman–Crippen LogP) is 2.70. The van der Waals surface area contributed by atoms with E-state index in [1.54, 1.807) is 20.9 Å². The molecule has 0 aliphatic heterocycles. The second kappa shape index (κ2) is 3.85. The largest absolute Gasteiger partial charge is 0.354 e. The Morgan fingerprint density at radius 2 is 1.93 bits per heavy atom. The molecule has 0 saturated carbocycles. The van der Waals surface area contributed by atoms with Gasteiger partial charge in [0, 0.05) is 13.1 Å². The first-order chi connectivity index (χ1) is 6.88. The van der Waals surface area contributed by atoms with Crippen LogP contribution in [0.25, 0.3) is 0 Å². The number of hydrogen-bond acceptors (Lipinski definition) is 2. The molecule has 15 heavy (non-hydrogen) atoms. The van der Waals surface area contributed by atoms with Crippen LogP contribution in [0.4, 0.5) is 14.5 Å². The molecular formula is C11H12F2N2. The maximum atomic E-state index is 13.4. The Bertz CT molecular complexity index is 408. The summed E-state index contributed by atoms with van der Waals surface area (Å²) < 4.78 is 26.0. The van der Waals surface area contributed by atoms with Crippen LogP contribution in [0.2, 0.25) is 0 Å². The molecule has 0 aliphatic carbocycles. The zero-order chi connectivity index (χ0) is 11.6. The molecule has 0 N–H and O–H groups in total. The van der Waals surface area contributed by atoms with E-state index in [0.29, 0.717) is 0 Å². The average Bonchev–Trinajstić information content (AvgIpc) is 2.17. The van der Waals surface area contributed by atoms with E-state index in [1.165, 1.54) is 17.0 Å². The molecule has 80 valence electrons. The van der Waals surface area contributed by atoms with Crippen molar-refractivity contribution >= 4 is 5.69 Å². The Balaban J connectivity index is 3.13. The highest BCUT2D eigenvalue weighted by Crippen LogP contribution is 2.25. The first-order valence-electron chi connectivity index (χ1n) is 4.48. The third-order valence-electron chi connectivity index (χ3n) is 2.38. The molecule has 0 saturated heterocycles. The molecule has 0 fully saturated rings. The molecule has 0 aromatic heterocycles. The maximum Gasteiger partial charge on any atom is 0.149 e. The van der Waals surface area contributed by atoms with Gasteiger partial charge in [-0.15, -0.1) is 0 Å². The Labute approximate surface area is 87.7 Å². The van der Waals surface area contributed by atoms with E-state index < -0.39 is 17.2 Å². The molecule has 0 bridgehead atoms. The Kier molecular flexibility index (Phi) is 2.94. The summed E-state index contributed by atoms with van der Waals surface area (Å²) in [6, 6.07) is 5.34. The smallest absolute Gasteiger partial charge is 0.149 e. The van der Waals surface area contributed by atoms with E-state index >= 15 is 0 Å². The summed E-state index contributed by atoms with van der Waals surface area (Å²) in [4.78, 5) is 1.47. The van der Waals surface area contributed by atoms with E-state index in [0.717, 1.165) is 6.07 Å². The molecule has 1 rings (SSSR count). The highest BCUT2D eigenvalue weighted by Gasteiger charge is 2.25. The van der Waals surface area contributed by atoms with Gasteiger partial charge in [0.2, 0.25) is 0 Å². The van der Waals surface area contributed by atoms with Crippen LogP contribution in [-0.2, 0) is 0 Å². The summed E-state index contributed by atoms with van der Waals surface area (Å²) in [5.41, 5.74) is -0.624. The fourth-order valence-corrected chi connectivity index (χ4v) is 1.13. The third kappa shape index (κ3) is 2.24. The van der Waals surface area contributed by atoms with Crippen molar-refractivity contribution in [2.75, 3.05) is 11.9 Å². The summed E-state index contributed by atoms with van der Waals surface area (Å²) in [5.74, 6) is -1.29. The normalized spacial score (nSPS) is 10.9. The molecule has 0 heterocycles. The van der Waals surface area contributed by atoms with Crippen molar-refractivity contribution in [3.63, 3.8) is 0 Å². The van der Waals surface area contributed by atoms with Crippen molar-refractivity contribution in [1.82, 2.24) is 0 Å². The van der Waals surface area contributed by atoms with Gasteiger partial charge >= 0.3 is 0 Å². The number of rotatable bonds is 2. The van der Waals surface area contributed by atoms with Crippen LogP contribution in [0.1, 0.15) is 13.8 Å². The van der Waals surface area contributed by atoms with Crippen LogP contribution in [0.15, 0.2) is 18.2 Å². The van der Waals surface area contributed by atoms with E-state index in [2.05, 4.69) is 0 Å². The first-order valence-corrected chi connectivity index (χ1v) is 4.48. The number of hydrogen-bond donors (Lipinski definition) is 0. The fourth-order valence-electron chi connectivity index (χ4n) is 1.13. The summed E-state index contributed by atoms with van der Waals surface area (Å²) in [6.45, 7) is 3.32. The van der Waals surface area contributed by atoms with Crippen LogP contribution in [0, 0.1) is 23.0 Å². The van der Waals surface area contributed by atoms with Crippen molar-refractivity contribution in [1.29, 1.82) is 5.26 Å². The number of nitriles is 1. The lowest BCUT2D eigenvalue weighted by Crippen LogP contribution is -2.40. The van der Waals surface area contributed by atoms with Gasteiger partial charge in [-0.3, -0.25) is 0 Å². The van der Waals surface area contributed by atoms with Gasteiger partial charge in [0.25, 0.3) is 0 Å². The van der Waals surface area contributed by atoms with Crippen molar-refractivity contribution in [2.45, 2.75) is 19.4 Å². The molecule has 2 nitrogen and oxygen atoms in total. The second-order valence-corrected chi connectivity index (χ2v) is 3.83. The van der Waals surface area contributed by atoms with Gasteiger partial charge in [-0.25, -0.2) is 8.78 Å². The van der Waals surface area contributed by atoms with E-state index in [-0.39, 0.29) is 5.69 Å². The Hall–Kier alpha value is -1.63. The zero-order valence-electron chi connectivity index (χ0n) is 8.88. The van der Waals surface area contributed by atoms with Gasteiger partial charge in [0.1, 0.15) is 17.2 Å². The number of nitrogens with zero attached hydrogens (tertiary/aromatic N) is 2. The number of anilines is 1. The summed E-state index contributed by atoms with van der Waals surface area (Å²) >= 11 is 0. The van der Waals surface area contributed by atoms with Crippen molar-refractivity contribution in [3.8, 4) is 6.07 Å². The molecule has 0 amide bonds. The van der Waals surface area contributed by atoms with Crippen LogP contribution >= 0.6 is 0 Å². The highest BCUT2D eigenvalue weighted by atomic mass is 19.1. The lowest BCUT2D eigenvalue weighted by Gasteiger charge is -2.31. The molecule has 0 radical (unpaired) electrons. The third-order valence-corrected chi connectivity index (χ3v) is 2.38. The first kappa shape index (κ1) is 11.4. The topological polar surface area (TPSA) is 27.0 Å². The number of halogens is 2. The summed E-state index contributed by atoms with van der Waals surface area (Å²) in [5, 5.41) is 8.88. The van der Waals surface area contributed by atoms with Crippen LogP contribution in [-0.4, -0.2) is 12.6 Å². The molecule has 4 heteroatoms. The van der Waals surface area contributed by atoms with E-state index in [4.69, 9.17) is 5.26 Å². The molecular weight excluding hydrogens is 198 g/mol. The highest BCUT2D eigenvalue weighted by molar-refractivity contribution is 5.51. The quantitative estimate of drug-likeness (QED) is 0.750. The summed E-state index contributed by atoms with van der Waals surface area (Å²) in [7, 11) is 1.60. The Morgan fingerprint density at radius 3 is 2.40 bits per heavy atom. The van der Waals surface area contributed by atoms with Gasteiger partial charge < -0.3 is 4.90 Å². The van der Waals surface area contributed by atoms with Gasteiger partial charge in [-0.2, -0.15) is 5.26 Å². The summed E-state index contributed by atoms with van der Waals surface area (Å²) in [6.07, 6.45) is 0. The Morgan fingerprint density at radius 1 is 1.33 bits per heavy atom. The zero-order valence-corrected chi connectivity index (χ0v) is 8.88. The van der Waals surface area contributed by atoms with Crippen molar-refractivity contribution < 1.29 is 8.78 Å². The molecule has 1 aromatic rings. The molecule has 0 spiro atoms. The number of benzene rings is 1. The lowest BCUT2D eigenvalue weighted by atomic mass is 10.1. The molecule has 1 aromatic carbocycles. The molecule has 0 aliphatic rings. The predicted molar refractivity (Wildman–Crippen MR) is 54.5 cm³/mol. The average molecular weight is 210 g/mol. The maximum absolute atomic E-state index is 13.4. The minimum absolute atomic E-state index is 0.211. The van der Waals surface area contributed by atoms with Crippen molar-refractivity contribution in [3.05, 3.63) is 29.8 Å². The van der Waals surface area contributed by atoms with Crippen LogP contribution in [0.5, 0.6) is 0 Å². The molecule has 0 atom stereocenters. The van der Waals surface area contributed by atoms with Gasteiger partial charge in [-0.1, -0.05) is 0 Å². The van der Waals surface area contributed by atoms with Gasteiger partial charge in [0.05, 0.1) is 11.8 Å². The fraction of sp³-hybridized carbons (Fsp3) is 0.364. The molecule has 0 unspecified atom stereocenters. The standard InChI is InChI=1S/C11H12F2N2/c1-11(2,7-14)15(3)10-5-4-8(12)6-9(10)13/h4-6H,1-3H3. The SMILES string of the molecule is CN(c1ccc(F)cc1F)C(C)(C)C#N. The van der Waals surface area contributed by atoms with E-state index in [1.807, 2.05) is 6.07 Å². The minimum Gasteiger partial charge on any atom is -0.354 e. The van der Waals surface area contributed by atoms with Crippen molar-refractivity contribution in [2.24, 2.45) is 0 Å². The monoisotopic (exact) mass is 210 g/mol. The van der Waals surface area contributed by atoms with Crippen LogP contribution < -0.4 is 4.90 Å². The van der Waals surface area contributed by atoms with Gasteiger partial charge in [-0.05, 0) is 26.0 Å². The van der Waals surface area contributed by atoms with Crippen LogP contribution in [0.3, 0.4) is 0 Å². The lowest BCUT2D eigenvalue weighted by molar-refractivity contribution is 0.559. The van der Waals surface area contributed by atoms with Gasteiger partial charge in [0.15, 0.2) is 0 Å². The second-order valence-electron chi connectivity index (χ2n) is 3.83. The van der Waals surface area contributed by atoms with E-state index in [9.17, 15) is 8.78 Å².